The van der Waals surface area contributed by atoms with Crippen LogP contribution in [0.2, 0.25) is 0 Å². The third kappa shape index (κ3) is 2.96. The summed E-state index contributed by atoms with van der Waals surface area (Å²) >= 11 is 6.13. The SMILES string of the molecule is CC(=O)N1C(=O)/C(=C2/SC(=S)N(C(C(=O)O)C(C)C)C2=O)c2ccccc21. The Morgan fingerprint density at radius 1 is 1.15 bits per heavy atom. The molecular formula is C18H16N2O5S2. The van der Waals surface area contributed by atoms with Crippen LogP contribution in [0.25, 0.3) is 5.57 Å². The Morgan fingerprint density at radius 3 is 2.33 bits per heavy atom. The van der Waals surface area contributed by atoms with Gasteiger partial charge in [-0.25, -0.2) is 9.69 Å². The van der Waals surface area contributed by atoms with Crippen LogP contribution in [-0.2, 0) is 19.2 Å². The highest BCUT2D eigenvalue weighted by molar-refractivity contribution is 8.26. The number of anilines is 1. The lowest BCUT2D eigenvalue weighted by Gasteiger charge is -2.26. The Morgan fingerprint density at radius 2 is 1.78 bits per heavy atom. The minimum absolute atomic E-state index is 0.0492. The molecule has 2 heterocycles. The topological polar surface area (TPSA) is 95.0 Å². The molecule has 1 atom stereocenters. The molecule has 0 radical (unpaired) electrons. The largest absolute Gasteiger partial charge is 0.480 e. The van der Waals surface area contributed by atoms with Crippen molar-refractivity contribution in [2.45, 2.75) is 26.8 Å². The van der Waals surface area contributed by atoms with Gasteiger partial charge in [0.15, 0.2) is 0 Å². The normalized spacial score (nSPS) is 20.5. The summed E-state index contributed by atoms with van der Waals surface area (Å²) in [5, 5.41) is 9.52. The molecule has 0 aliphatic carbocycles. The molecule has 1 fully saturated rings. The van der Waals surface area contributed by atoms with Crippen LogP contribution in [0.4, 0.5) is 5.69 Å². The highest BCUT2D eigenvalue weighted by atomic mass is 32.2. The number of nitrogens with zero attached hydrogens (tertiary/aromatic N) is 2. The lowest BCUT2D eigenvalue weighted by molar-refractivity contribution is -0.146. The monoisotopic (exact) mass is 404 g/mol. The number of amides is 3. The number of carboxylic acid groups (broad SMARTS) is 1. The summed E-state index contributed by atoms with van der Waals surface area (Å²) in [5.74, 6) is -3.26. The van der Waals surface area contributed by atoms with Crippen LogP contribution < -0.4 is 4.90 Å². The molecule has 1 aromatic rings. The first-order chi connectivity index (χ1) is 12.7. The fourth-order valence-corrected chi connectivity index (χ4v) is 4.61. The van der Waals surface area contributed by atoms with Gasteiger partial charge in [0.2, 0.25) is 5.91 Å². The molecule has 3 rings (SSSR count). The summed E-state index contributed by atoms with van der Waals surface area (Å²) < 4.78 is 0.0788. The molecule has 1 unspecified atom stereocenters. The number of thiocarbonyl (C=S) groups is 1. The van der Waals surface area contributed by atoms with Gasteiger partial charge in [0, 0.05) is 12.5 Å². The molecule has 9 heteroatoms. The van der Waals surface area contributed by atoms with E-state index in [4.69, 9.17) is 12.2 Å². The summed E-state index contributed by atoms with van der Waals surface area (Å²) in [6, 6.07) is 5.53. The van der Waals surface area contributed by atoms with Gasteiger partial charge in [-0.1, -0.05) is 56.0 Å². The standard InChI is InChI=1S/C18H16N2O5S2/c1-8(2)13(17(24)25)20-16(23)14(27-18(20)26)12-10-6-4-5-7-11(10)19(9(3)21)15(12)22/h4-8,13H,1-3H3,(H,24,25)/b14-12+. The minimum atomic E-state index is -1.17. The molecule has 0 bridgehead atoms. The van der Waals surface area contributed by atoms with Gasteiger partial charge < -0.3 is 5.11 Å². The number of thioether (sulfide) groups is 1. The second kappa shape index (κ2) is 6.90. The van der Waals surface area contributed by atoms with Crippen molar-refractivity contribution in [2.24, 2.45) is 5.92 Å². The van der Waals surface area contributed by atoms with E-state index in [-0.39, 0.29) is 20.7 Å². The Hall–Kier alpha value is -2.52. The highest BCUT2D eigenvalue weighted by Gasteiger charge is 2.47. The molecule has 0 spiro atoms. The first-order valence-corrected chi connectivity index (χ1v) is 9.36. The van der Waals surface area contributed by atoms with Gasteiger partial charge in [-0.2, -0.15) is 0 Å². The van der Waals surface area contributed by atoms with Crippen LogP contribution in [0.3, 0.4) is 0 Å². The van der Waals surface area contributed by atoms with Crippen molar-refractivity contribution in [3.05, 3.63) is 34.7 Å². The van der Waals surface area contributed by atoms with Gasteiger partial charge >= 0.3 is 5.97 Å². The zero-order valence-electron chi connectivity index (χ0n) is 14.8. The van der Waals surface area contributed by atoms with Gasteiger partial charge in [-0.05, 0) is 12.0 Å². The lowest BCUT2D eigenvalue weighted by Crippen LogP contribution is -2.47. The maximum Gasteiger partial charge on any atom is 0.327 e. The van der Waals surface area contributed by atoms with Crippen molar-refractivity contribution in [1.29, 1.82) is 0 Å². The molecule has 2 aliphatic heterocycles. The predicted molar refractivity (Wildman–Crippen MR) is 105 cm³/mol. The number of benzene rings is 1. The van der Waals surface area contributed by atoms with Gasteiger partial charge in [0.1, 0.15) is 10.4 Å². The van der Waals surface area contributed by atoms with Crippen LogP contribution in [0, 0.1) is 5.92 Å². The molecular weight excluding hydrogens is 388 g/mol. The van der Waals surface area contributed by atoms with Crippen molar-refractivity contribution in [2.75, 3.05) is 4.90 Å². The molecule has 1 saturated heterocycles. The van der Waals surface area contributed by atoms with Crippen molar-refractivity contribution in [3.63, 3.8) is 0 Å². The minimum Gasteiger partial charge on any atom is -0.480 e. The Balaban J connectivity index is 2.16. The maximum atomic E-state index is 13.0. The van der Waals surface area contributed by atoms with Gasteiger partial charge in [0.25, 0.3) is 11.8 Å². The van der Waals surface area contributed by atoms with Gasteiger partial charge in [0.05, 0.1) is 16.2 Å². The number of carboxylic acids is 1. The number of para-hydroxylation sites is 1. The number of hydrogen-bond acceptors (Lipinski definition) is 6. The van der Waals surface area contributed by atoms with Crippen LogP contribution in [0.15, 0.2) is 29.2 Å². The second-order valence-electron chi connectivity index (χ2n) is 6.45. The molecule has 0 saturated carbocycles. The Labute approximate surface area is 165 Å². The summed E-state index contributed by atoms with van der Waals surface area (Å²) in [6.07, 6.45) is 0. The average molecular weight is 404 g/mol. The fourth-order valence-electron chi connectivity index (χ4n) is 3.21. The molecule has 7 nitrogen and oxygen atoms in total. The van der Waals surface area contributed by atoms with Gasteiger partial charge in [-0.3, -0.25) is 19.3 Å². The molecule has 3 amide bonds. The maximum absolute atomic E-state index is 13.0. The van der Waals surface area contributed by atoms with E-state index in [1.165, 1.54) is 6.92 Å². The molecule has 1 N–H and O–H groups in total. The average Bonchev–Trinajstić information content (AvgIpc) is 3.01. The summed E-state index contributed by atoms with van der Waals surface area (Å²) in [4.78, 5) is 51.6. The first kappa shape index (κ1) is 19.2. The van der Waals surface area contributed by atoms with E-state index >= 15 is 0 Å². The van der Waals surface area contributed by atoms with E-state index in [0.29, 0.717) is 11.3 Å². The zero-order valence-corrected chi connectivity index (χ0v) is 16.4. The van der Waals surface area contributed by atoms with Crippen molar-refractivity contribution < 1.29 is 24.3 Å². The van der Waals surface area contributed by atoms with Crippen LogP contribution >= 0.6 is 24.0 Å². The van der Waals surface area contributed by atoms with Crippen LogP contribution in [-0.4, -0.2) is 44.1 Å². The smallest absolute Gasteiger partial charge is 0.327 e. The fraction of sp³-hybridized carbons (Fsp3) is 0.278. The van der Waals surface area contributed by atoms with E-state index in [9.17, 15) is 24.3 Å². The second-order valence-corrected chi connectivity index (χ2v) is 8.10. The Kier molecular flexibility index (Phi) is 4.92. The lowest BCUT2D eigenvalue weighted by atomic mass is 10.0. The number of carbonyl (C=O) groups excluding carboxylic acids is 3. The molecule has 2 aliphatic rings. The zero-order chi connectivity index (χ0) is 20.0. The number of hydrogen-bond donors (Lipinski definition) is 1. The number of rotatable bonds is 3. The Bertz CT molecular complexity index is 937. The van der Waals surface area contributed by atoms with Crippen molar-refractivity contribution >= 4 is 63.3 Å². The van der Waals surface area contributed by atoms with E-state index < -0.39 is 29.7 Å². The van der Waals surface area contributed by atoms with E-state index in [1.807, 2.05) is 0 Å². The number of carbonyl (C=O) groups is 4. The third-order valence-corrected chi connectivity index (χ3v) is 5.74. The summed E-state index contributed by atoms with van der Waals surface area (Å²) in [7, 11) is 0. The molecule has 27 heavy (non-hydrogen) atoms. The first-order valence-electron chi connectivity index (χ1n) is 8.13. The predicted octanol–water partition coefficient (Wildman–Crippen LogP) is 2.26. The van der Waals surface area contributed by atoms with E-state index in [2.05, 4.69) is 0 Å². The highest BCUT2D eigenvalue weighted by Crippen LogP contribution is 2.45. The van der Waals surface area contributed by atoms with Crippen LogP contribution in [0.5, 0.6) is 0 Å². The molecule has 140 valence electrons. The molecule has 0 aromatic heterocycles. The van der Waals surface area contributed by atoms with E-state index in [0.717, 1.165) is 21.6 Å². The van der Waals surface area contributed by atoms with E-state index in [1.54, 1.807) is 38.1 Å². The van der Waals surface area contributed by atoms with Crippen LogP contribution in [0.1, 0.15) is 26.3 Å². The number of aliphatic carboxylic acids is 1. The molecule has 1 aromatic carbocycles. The number of fused-ring (bicyclic) bond motifs is 1. The summed E-state index contributed by atoms with van der Waals surface area (Å²) in [6.45, 7) is 4.62. The van der Waals surface area contributed by atoms with Crippen molar-refractivity contribution in [1.82, 2.24) is 4.90 Å². The quantitative estimate of drug-likeness (QED) is 0.610. The van der Waals surface area contributed by atoms with Gasteiger partial charge in [-0.15, -0.1) is 0 Å². The van der Waals surface area contributed by atoms with Crippen molar-refractivity contribution in [3.8, 4) is 0 Å². The summed E-state index contributed by atoms with van der Waals surface area (Å²) in [5.41, 5.74) is 0.928. The number of imide groups is 1. The third-order valence-electron chi connectivity index (χ3n) is 4.33.